The summed E-state index contributed by atoms with van der Waals surface area (Å²) in [5, 5.41) is 0.446. The summed E-state index contributed by atoms with van der Waals surface area (Å²) < 4.78 is 26.6. The minimum absolute atomic E-state index is 0.00472. The molecular weight excluding hydrogens is 347 g/mol. The van der Waals surface area contributed by atoms with Crippen LogP contribution in [0.3, 0.4) is 0 Å². The average Bonchev–Trinajstić information content (AvgIpc) is 2.50. The number of sulfonamides is 1. The van der Waals surface area contributed by atoms with Crippen LogP contribution in [0.15, 0.2) is 35.2 Å². The van der Waals surface area contributed by atoms with E-state index in [1.807, 2.05) is 0 Å². The molecule has 0 saturated carbocycles. The Bertz CT molecular complexity index is 696. The third-order valence-electron chi connectivity index (χ3n) is 3.37. The van der Waals surface area contributed by atoms with Crippen molar-refractivity contribution in [2.24, 2.45) is 0 Å². The van der Waals surface area contributed by atoms with Gasteiger partial charge in [-0.1, -0.05) is 29.3 Å². The van der Waals surface area contributed by atoms with Crippen LogP contribution in [-0.2, 0) is 14.8 Å². The van der Waals surface area contributed by atoms with Crippen molar-refractivity contribution in [3.63, 3.8) is 0 Å². The minimum Gasteiger partial charge on any atom is -0.337 e. The first-order valence-electron chi connectivity index (χ1n) is 6.73. The van der Waals surface area contributed by atoms with Crippen LogP contribution < -0.4 is 0 Å². The SMILES string of the molecule is C/C=C/C(=O)N1CCN(S(=O)(=O)c2cc(Cl)ccc2Cl)CC1. The van der Waals surface area contributed by atoms with Crippen molar-refractivity contribution >= 4 is 39.1 Å². The molecule has 1 saturated heterocycles. The van der Waals surface area contributed by atoms with E-state index in [1.165, 1.54) is 28.6 Å². The van der Waals surface area contributed by atoms with Gasteiger partial charge in [-0.2, -0.15) is 4.31 Å². The van der Waals surface area contributed by atoms with Crippen LogP contribution in [0.4, 0.5) is 0 Å². The highest BCUT2D eigenvalue weighted by Gasteiger charge is 2.31. The van der Waals surface area contributed by atoms with Crippen molar-refractivity contribution in [1.82, 2.24) is 9.21 Å². The molecule has 1 aromatic rings. The fraction of sp³-hybridized carbons (Fsp3) is 0.357. The number of hydrogen-bond donors (Lipinski definition) is 0. The van der Waals surface area contributed by atoms with Crippen molar-refractivity contribution in [3.05, 3.63) is 40.4 Å². The summed E-state index contributed by atoms with van der Waals surface area (Å²) in [6, 6.07) is 4.34. The lowest BCUT2D eigenvalue weighted by Gasteiger charge is -2.33. The lowest BCUT2D eigenvalue weighted by atomic mass is 10.3. The zero-order valence-electron chi connectivity index (χ0n) is 12.0. The van der Waals surface area contributed by atoms with Crippen molar-refractivity contribution in [2.75, 3.05) is 26.2 Å². The topological polar surface area (TPSA) is 57.7 Å². The van der Waals surface area contributed by atoms with Gasteiger partial charge >= 0.3 is 0 Å². The van der Waals surface area contributed by atoms with E-state index in [1.54, 1.807) is 17.9 Å². The van der Waals surface area contributed by atoms with Gasteiger partial charge in [0.15, 0.2) is 0 Å². The maximum atomic E-state index is 12.6. The quantitative estimate of drug-likeness (QED) is 0.775. The second-order valence-corrected chi connectivity index (χ2v) is 7.55. The molecule has 5 nitrogen and oxygen atoms in total. The molecule has 1 aromatic carbocycles. The lowest BCUT2D eigenvalue weighted by Crippen LogP contribution is -2.50. The van der Waals surface area contributed by atoms with Crippen LogP contribution in [0.1, 0.15) is 6.92 Å². The molecule has 1 amide bonds. The number of rotatable bonds is 3. The highest BCUT2D eigenvalue weighted by Crippen LogP contribution is 2.28. The van der Waals surface area contributed by atoms with Crippen molar-refractivity contribution < 1.29 is 13.2 Å². The second kappa shape index (κ2) is 7.00. The minimum atomic E-state index is -3.72. The van der Waals surface area contributed by atoms with Gasteiger partial charge in [0.1, 0.15) is 4.90 Å². The van der Waals surface area contributed by atoms with Gasteiger partial charge in [-0.3, -0.25) is 4.79 Å². The van der Waals surface area contributed by atoms with E-state index in [0.717, 1.165) is 0 Å². The summed E-state index contributed by atoms with van der Waals surface area (Å²) in [5.41, 5.74) is 0. The average molecular weight is 363 g/mol. The van der Waals surface area contributed by atoms with Gasteiger partial charge < -0.3 is 4.90 Å². The van der Waals surface area contributed by atoms with Crippen LogP contribution in [0.5, 0.6) is 0 Å². The number of carbonyl (C=O) groups excluding carboxylic acids is 1. The molecule has 120 valence electrons. The fourth-order valence-electron chi connectivity index (χ4n) is 2.21. The molecule has 22 heavy (non-hydrogen) atoms. The van der Waals surface area contributed by atoms with Crippen molar-refractivity contribution in [1.29, 1.82) is 0 Å². The molecule has 0 atom stereocenters. The number of amides is 1. The summed E-state index contributed by atoms with van der Waals surface area (Å²) in [7, 11) is -3.72. The van der Waals surface area contributed by atoms with Crippen molar-refractivity contribution in [2.45, 2.75) is 11.8 Å². The van der Waals surface area contributed by atoms with Gasteiger partial charge in [-0.05, 0) is 31.2 Å². The van der Waals surface area contributed by atoms with E-state index in [2.05, 4.69) is 0 Å². The highest BCUT2D eigenvalue weighted by molar-refractivity contribution is 7.89. The lowest BCUT2D eigenvalue weighted by molar-refractivity contribution is -0.127. The second-order valence-electron chi connectivity index (χ2n) is 4.80. The molecule has 1 fully saturated rings. The molecule has 0 bridgehead atoms. The van der Waals surface area contributed by atoms with Crippen LogP contribution in [-0.4, -0.2) is 49.7 Å². The normalized spacial score (nSPS) is 17.1. The smallest absolute Gasteiger partial charge is 0.246 e. The maximum Gasteiger partial charge on any atom is 0.246 e. The molecule has 0 aromatic heterocycles. The molecule has 1 aliphatic heterocycles. The van der Waals surface area contributed by atoms with Crippen molar-refractivity contribution in [3.8, 4) is 0 Å². The zero-order valence-corrected chi connectivity index (χ0v) is 14.3. The molecule has 0 aliphatic carbocycles. The van der Waals surface area contributed by atoms with Gasteiger partial charge in [-0.15, -0.1) is 0 Å². The monoisotopic (exact) mass is 362 g/mol. The van der Waals surface area contributed by atoms with Crippen LogP contribution in [0.2, 0.25) is 10.0 Å². The molecule has 0 N–H and O–H groups in total. The van der Waals surface area contributed by atoms with Crippen LogP contribution in [0, 0.1) is 0 Å². The summed E-state index contributed by atoms with van der Waals surface area (Å²) in [4.78, 5) is 13.4. The Balaban J connectivity index is 2.16. The van der Waals surface area contributed by atoms with Gasteiger partial charge in [0, 0.05) is 31.2 Å². The summed E-state index contributed by atoms with van der Waals surface area (Å²) >= 11 is 11.8. The van der Waals surface area contributed by atoms with Crippen LogP contribution in [0.25, 0.3) is 0 Å². The Labute approximate surface area is 140 Å². The number of allylic oxidation sites excluding steroid dienone is 1. The van der Waals surface area contributed by atoms with E-state index in [9.17, 15) is 13.2 Å². The first-order chi connectivity index (χ1) is 10.4. The molecule has 0 radical (unpaired) electrons. The Kier molecular flexibility index (Phi) is 5.50. The fourth-order valence-corrected chi connectivity index (χ4v) is 4.37. The highest BCUT2D eigenvalue weighted by atomic mass is 35.5. The molecule has 2 rings (SSSR count). The van der Waals surface area contributed by atoms with Gasteiger partial charge in [-0.25, -0.2) is 8.42 Å². The predicted octanol–water partition coefficient (Wildman–Crippen LogP) is 2.40. The standard InChI is InChI=1S/C14H16Cl2N2O3S/c1-2-3-14(19)17-6-8-18(9-7-17)22(20,21)13-10-11(15)4-5-12(13)16/h2-5,10H,6-9H2,1H3/b3-2+. The number of piperazine rings is 1. The Morgan fingerprint density at radius 2 is 1.82 bits per heavy atom. The van der Waals surface area contributed by atoms with Crippen LogP contribution >= 0.6 is 23.2 Å². The van der Waals surface area contributed by atoms with E-state index in [0.29, 0.717) is 18.1 Å². The summed E-state index contributed by atoms with van der Waals surface area (Å²) in [5.74, 6) is -0.111. The number of nitrogens with zero attached hydrogens (tertiary/aromatic N) is 2. The molecule has 1 heterocycles. The van der Waals surface area contributed by atoms with Gasteiger partial charge in [0.2, 0.25) is 15.9 Å². The zero-order chi connectivity index (χ0) is 16.3. The molecule has 1 aliphatic rings. The number of benzene rings is 1. The summed E-state index contributed by atoms with van der Waals surface area (Å²) in [6.07, 6.45) is 3.13. The molecule has 0 unspecified atom stereocenters. The number of halogens is 2. The molecular formula is C14H16Cl2N2O3S. The Morgan fingerprint density at radius 3 is 2.41 bits per heavy atom. The van der Waals surface area contributed by atoms with E-state index < -0.39 is 10.0 Å². The van der Waals surface area contributed by atoms with E-state index in [4.69, 9.17) is 23.2 Å². The molecule has 8 heteroatoms. The molecule has 0 spiro atoms. The number of carbonyl (C=O) groups is 1. The van der Waals surface area contributed by atoms with Gasteiger partial charge in [0.05, 0.1) is 5.02 Å². The predicted molar refractivity (Wildman–Crippen MR) is 86.6 cm³/mol. The first-order valence-corrected chi connectivity index (χ1v) is 8.92. The Hall–Kier alpha value is -1.08. The van der Waals surface area contributed by atoms with E-state index >= 15 is 0 Å². The maximum absolute atomic E-state index is 12.6. The first kappa shape index (κ1) is 17.3. The third kappa shape index (κ3) is 3.63. The Morgan fingerprint density at radius 1 is 1.18 bits per heavy atom. The van der Waals surface area contributed by atoms with E-state index in [-0.39, 0.29) is 28.9 Å². The summed E-state index contributed by atoms with van der Waals surface area (Å²) in [6.45, 7) is 2.92. The third-order valence-corrected chi connectivity index (χ3v) is 5.99. The largest absolute Gasteiger partial charge is 0.337 e. The van der Waals surface area contributed by atoms with Gasteiger partial charge in [0.25, 0.3) is 0 Å². The number of hydrogen-bond acceptors (Lipinski definition) is 3.